The molecule has 1 N–H and O–H groups in total. The quantitative estimate of drug-likeness (QED) is 0.381. The van der Waals surface area contributed by atoms with Gasteiger partial charge in [-0.2, -0.15) is 9.67 Å². The van der Waals surface area contributed by atoms with Crippen molar-refractivity contribution in [2.75, 3.05) is 5.32 Å². The molecule has 0 bridgehead atoms. The van der Waals surface area contributed by atoms with Gasteiger partial charge >= 0.3 is 5.97 Å². The van der Waals surface area contributed by atoms with Crippen LogP contribution in [0.3, 0.4) is 0 Å². The minimum Gasteiger partial charge on any atom is -0.426 e. The van der Waals surface area contributed by atoms with Crippen molar-refractivity contribution in [2.24, 2.45) is 0 Å². The number of benzene rings is 2. The second-order valence-corrected chi connectivity index (χ2v) is 6.62. The minimum absolute atomic E-state index is 0.156. The molecule has 0 saturated heterocycles. The first-order valence-electron chi connectivity index (χ1n) is 9.60. The van der Waals surface area contributed by atoms with E-state index >= 15 is 0 Å². The van der Waals surface area contributed by atoms with Crippen LogP contribution in [-0.2, 0) is 11.3 Å². The number of hydrogen-bond acceptors (Lipinski definition) is 7. The number of anilines is 1. The van der Waals surface area contributed by atoms with Gasteiger partial charge in [0.1, 0.15) is 11.4 Å². The van der Waals surface area contributed by atoms with Crippen molar-refractivity contribution in [3.63, 3.8) is 0 Å². The molecule has 154 valence electrons. The lowest BCUT2D eigenvalue weighted by molar-refractivity contribution is -0.131. The summed E-state index contributed by atoms with van der Waals surface area (Å²) >= 11 is 0. The number of ether oxygens (including phenoxy) is 1. The molecule has 0 fully saturated rings. The number of pyridine rings is 1. The number of rotatable bonds is 6. The normalized spacial score (nSPS) is 10.5. The van der Waals surface area contributed by atoms with Crippen molar-refractivity contribution in [2.45, 2.75) is 13.5 Å². The van der Waals surface area contributed by atoms with Crippen molar-refractivity contribution in [3.05, 3.63) is 90.1 Å². The van der Waals surface area contributed by atoms with E-state index in [1.54, 1.807) is 42.6 Å². The smallest absolute Gasteiger partial charge is 0.308 e. The highest BCUT2D eigenvalue weighted by Gasteiger charge is 2.22. The Balaban J connectivity index is 1.72. The zero-order chi connectivity index (χ0) is 21.6. The van der Waals surface area contributed by atoms with E-state index in [-0.39, 0.29) is 17.3 Å². The first-order valence-corrected chi connectivity index (χ1v) is 9.60. The summed E-state index contributed by atoms with van der Waals surface area (Å²) in [5, 5.41) is 7.54. The van der Waals surface area contributed by atoms with Gasteiger partial charge in [0, 0.05) is 19.7 Å². The third-order valence-corrected chi connectivity index (χ3v) is 4.36. The fourth-order valence-corrected chi connectivity index (χ4v) is 2.95. The molecule has 8 nitrogen and oxygen atoms in total. The van der Waals surface area contributed by atoms with Crippen LogP contribution in [0, 0.1) is 0 Å². The van der Waals surface area contributed by atoms with Crippen LogP contribution < -0.4 is 10.1 Å². The molecule has 2 aromatic carbocycles. The zero-order valence-corrected chi connectivity index (χ0v) is 16.7. The van der Waals surface area contributed by atoms with Crippen molar-refractivity contribution < 1.29 is 14.3 Å². The molecular weight excluding hydrogens is 394 g/mol. The monoisotopic (exact) mass is 413 g/mol. The van der Waals surface area contributed by atoms with Crippen molar-refractivity contribution >= 4 is 17.8 Å². The number of carbonyl (C=O) groups is 2. The summed E-state index contributed by atoms with van der Waals surface area (Å²) in [5.74, 6) is -0.289. The number of nitrogens with zero attached hydrogens (tertiary/aromatic N) is 4. The Morgan fingerprint density at radius 2 is 1.71 bits per heavy atom. The Labute approximate surface area is 178 Å². The molecule has 0 amide bonds. The lowest BCUT2D eigenvalue weighted by atomic mass is 10.2. The highest BCUT2D eigenvalue weighted by atomic mass is 16.5. The predicted molar refractivity (Wildman–Crippen MR) is 115 cm³/mol. The van der Waals surface area contributed by atoms with Gasteiger partial charge < -0.3 is 10.1 Å². The SMILES string of the molecule is CC(=O)Oc1ccccc1C(=O)n1nc(-c2ccccn2)nc1NCc1ccccc1. The molecule has 0 unspecified atom stereocenters. The van der Waals surface area contributed by atoms with Crippen LogP contribution in [0.25, 0.3) is 11.5 Å². The van der Waals surface area contributed by atoms with Crippen LogP contribution in [0.15, 0.2) is 79.0 Å². The summed E-state index contributed by atoms with van der Waals surface area (Å²) in [5.41, 5.74) is 1.74. The summed E-state index contributed by atoms with van der Waals surface area (Å²) in [7, 11) is 0. The van der Waals surface area contributed by atoms with Crippen LogP contribution >= 0.6 is 0 Å². The molecule has 2 heterocycles. The molecule has 0 spiro atoms. The van der Waals surface area contributed by atoms with E-state index < -0.39 is 11.9 Å². The molecule has 4 rings (SSSR count). The van der Waals surface area contributed by atoms with E-state index in [2.05, 4.69) is 20.4 Å². The molecule has 0 radical (unpaired) electrons. The maximum Gasteiger partial charge on any atom is 0.308 e. The van der Waals surface area contributed by atoms with Gasteiger partial charge in [0.15, 0.2) is 0 Å². The van der Waals surface area contributed by atoms with Crippen molar-refractivity contribution in [3.8, 4) is 17.3 Å². The Kier molecular flexibility index (Phi) is 5.79. The summed E-state index contributed by atoms with van der Waals surface area (Å²) in [6, 6.07) is 21.6. The molecule has 0 aliphatic carbocycles. The predicted octanol–water partition coefficient (Wildman–Crippen LogP) is 3.57. The fourth-order valence-electron chi connectivity index (χ4n) is 2.95. The van der Waals surface area contributed by atoms with Gasteiger partial charge in [0.05, 0.1) is 5.56 Å². The third-order valence-electron chi connectivity index (χ3n) is 4.36. The lowest BCUT2D eigenvalue weighted by Gasteiger charge is -2.10. The van der Waals surface area contributed by atoms with E-state index in [0.717, 1.165) is 10.2 Å². The summed E-state index contributed by atoms with van der Waals surface area (Å²) in [6.45, 7) is 1.73. The highest BCUT2D eigenvalue weighted by molar-refractivity contribution is 6.00. The summed E-state index contributed by atoms with van der Waals surface area (Å²) < 4.78 is 6.36. The third kappa shape index (κ3) is 4.64. The average Bonchev–Trinajstić information content (AvgIpc) is 3.23. The molecule has 0 aliphatic heterocycles. The number of aromatic nitrogens is 4. The Hall–Kier alpha value is -4.33. The first kappa shape index (κ1) is 20.0. The standard InChI is InChI=1S/C23H19N5O3/c1-16(29)31-20-13-6-5-11-18(20)22(30)28-23(25-15-17-9-3-2-4-10-17)26-21(27-28)19-12-7-8-14-24-19/h2-14H,15H2,1H3,(H,25,26,27). The second-order valence-electron chi connectivity index (χ2n) is 6.62. The number of carbonyl (C=O) groups excluding carboxylic acids is 2. The van der Waals surface area contributed by atoms with Crippen LogP contribution in [0.4, 0.5) is 5.95 Å². The van der Waals surface area contributed by atoms with Gasteiger partial charge in [0.2, 0.25) is 11.8 Å². The number of para-hydroxylation sites is 1. The van der Waals surface area contributed by atoms with E-state index in [9.17, 15) is 9.59 Å². The van der Waals surface area contributed by atoms with E-state index in [1.807, 2.05) is 36.4 Å². The molecule has 8 heteroatoms. The summed E-state index contributed by atoms with van der Waals surface area (Å²) in [6.07, 6.45) is 1.63. The molecular formula is C23H19N5O3. The Morgan fingerprint density at radius 1 is 0.968 bits per heavy atom. The van der Waals surface area contributed by atoms with Crippen LogP contribution in [-0.4, -0.2) is 31.6 Å². The van der Waals surface area contributed by atoms with Crippen LogP contribution in [0.2, 0.25) is 0 Å². The van der Waals surface area contributed by atoms with E-state index in [0.29, 0.717) is 18.1 Å². The Bertz CT molecular complexity index is 1210. The maximum atomic E-state index is 13.3. The molecule has 0 saturated carbocycles. The first-order chi connectivity index (χ1) is 15.1. The Morgan fingerprint density at radius 3 is 2.45 bits per heavy atom. The molecule has 0 aliphatic rings. The van der Waals surface area contributed by atoms with Crippen molar-refractivity contribution in [1.82, 2.24) is 19.7 Å². The zero-order valence-electron chi connectivity index (χ0n) is 16.7. The van der Waals surface area contributed by atoms with Gasteiger partial charge in [0.25, 0.3) is 5.91 Å². The topological polar surface area (TPSA) is 99.0 Å². The van der Waals surface area contributed by atoms with Gasteiger partial charge in [-0.05, 0) is 29.8 Å². The maximum absolute atomic E-state index is 13.3. The molecule has 4 aromatic rings. The minimum atomic E-state index is -0.518. The van der Waals surface area contributed by atoms with Gasteiger partial charge in [-0.25, -0.2) is 0 Å². The van der Waals surface area contributed by atoms with Crippen LogP contribution in [0.1, 0.15) is 22.8 Å². The van der Waals surface area contributed by atoms with Crippen LogP contribution in [0.5, 0.6) is 5.75 Å². The van der Waals surface area contributed by atoms with E-state index in [1.165, 1.54) is 6.92 Å². The molecule has 2 aromatic heterocycles. The highest BCUT2D eigenvalue weighted by Crippen LogP contribution is 2.23. The largest absolute Gasteiger partial charge is 0.426 e. The number of hydrogen-bond donors (Lipinski definition) is 1. The number of nitrogens with one attached hydrogen (secondary N) is 1. The molecule has 31 heavy (non-hydrogen) atoms. The lowest BCUT2D eigenvalue weighted by Crippen LogP contribution is -2.19. The molecule has 0 atom stereocenters. The van der Waals surface area contributed by atoms with Gasteiger partial charge in [-0.15, -0.1) is 5.10 Å². The fraction of sp³-hybridized carbons (Fsp3) is 0.0870. The van der Waals surface area contributed by atoms with Gasteiger partial charge in [-0.3, -0.25) is 14.6 Å². The number of esters is 1. The second kappa shape index (κ2) is 9.00. The van der Waals surface area contributed by atoms with E-state index in [4.69, 9.17) is 4.74 Å². The average molecular weight is 413 g/mol. The van der Waals surface area contributed by atoms with Gasteiger partial charge in [-0.1, -0.05) is 48.5 Å². The van der Waals surface area contributed by atoms with Crippen molar-refractivity contribution in [1.29, 1.82) is 0 Å². The summed E-state index contributed by atoms with van der Waals surface area (Å²) in [4.78, 5) is 33.5.